The Kier molecular flexibility index (Phi) is 10.0. The number of alkyl halides is 6. The van der Waals surface area contributed by atoms with Gasteiger partial charge in [0.2, 0.25) is 0 Å². The number of hydrogen-bond donors (Lipinski definition) is 1. The Morgan fingerprint density at radius 1 is 0.891 bits per heavy atom. The maximum Gasteiger partial charge on any atom is 0.573 e. The van der Waals surface area contributed by atoms with E-state index in [1.807, 2.05) is 0 Å². The number of amides is 1. The second-order valence-corrected chi connectivity index (χ2v) is 11.9. The van der Waals surface area contributed by atoms with Gasteiger partial charge in [0, 0.05) is 29.2 Å². The van der Waals surface area contributed by atoms with Crippen molar-refractivity contribution in [3.63, 3.8) is 0 Å². The Balaban J connectivity index is 1.63. The second kappa shape index (κ2) is 13.4. The number of likely N-dealkylation sites (N-methyl/N-ethyl adjacent to an activating group) is 1. The molecule has 0 atom stereocenters. The molecule has 0 radical (unpaired) electrons. The first-order valence-corrected chi connectivity index (χ1v) is 15.1. The molecule has 46 heavy (non-hydrogen) atoms. The highest BCUT2D eigenvalue weighted by Crippen LogP contribution is 2.32. The molecule has 1 amide bonds. The zero-order valence-electron chi connectivity index (χ0n) is 23.8. The minimum atomic E-state index is -4.90. The van der Waals surface area contributed by atoms with E-state index in [-0.39, 0.29) is 40.6 Å². The van der Waals surface area contributed by atoms with Crippen molar-refractivity contribution in [2.75, 3.05) is 6.54 Å². The maximum absolute atomic E-state index is 13.2. The minimum absolute atomic E-state index is 0.112. The second-order valence-electron chi connectivity index (χ2n) is 9.65. The summed E-state index contributed by atoms with van der Waals surface area (Å²) in [6.45, 7) is 4.85. The van der Waals surface area contributed by atoms with Gasteiger partial charge in [0.05, 0.1) is 21.8 Å². The van der Waals surface area contributed by atoms with Crippen LogP contribution in [0.3, 0.4) is 0 Å². The molecule has 4 aromatic rings. The summed E-state index contributed by atoms with van der Waals surface area (Å²) in [6.07, 6.45) is -9.47. The Bertz CT molecular complexity index is 1830. The average molecular weight is 684 g/mol. The van der Waals surface area contributed by atoms with E-state index in [9.17, 15) is 39.6 Å². The maximum atomic E-state index is 13.2. The lowest BCUT2D eigenvalue weighted by atomic mass is 10.0. The first kappa shape index (κ1) is 34.3. The number of pyridine rings is 1. The Morgan fingerprint density at radius 2 is 1.41 bits per heavy atom. The number of nitrogens with zero attached hydrogens (tertiary/aromatic N) is 2. The normalized spacial score (nSPS) is 12.0. The molecule has 0 aliphatic carbocycles. The SMILES string of the molecule is C=C(C(=O)NCc1cc(-c2ccc(OC(F)(F)F)cc2)nc(-c2ccc(C(F)(F)F)cc2)c1)N(CC)S(=O)(=O)c1ccc(Cl)cc1. The Morgan fingerprint density at radius 3 is 1.89 bits per heavy atom. The topological polar surface area (TPSA) is 88.6 Å². The molecular formula is C31H24ClF6N3O4S. The highest BCUT2D eigenvalue weighted by atomic mass is 35.5. The molecule has 0 fully saturated rings. The molecule has 7 nitrogen and oxygen atoms in total. The van der Waals surface area contributed by atoms with Crippen LogP contribution >= 0.6 is 11.6 Å². The lowest BCUT2D eigenvalue weighted by Gasteiger charge is -2.24. The molecule has 1 heterocycles. The highest BCUT2D eigenvalue weighted by Gasteiger charge is 2.32. The van der Waals surface area contributed by atoms with Crippen LogP contribution in [0.15, 0.2) is 102 Å². The fraction of sp³-hybridized carbons (Fsp3) is 0.161. The van der Waals surface area contributed by atoms with Crippen molar-refractivity contribution in [2.45, 2.75) is 30.9 Å². The molecule has 0 spiro atoms. The van der Waals surface area contributed by atoms with Gasteiger partial charge < -0.3 is 10.1 Å². The summed E-state index contributed by atoms with van der Waals surface area (Å²) in [5.41, 5.74) is 0.175. The van der Waals surface area contributed by atoms with Gasteiger partial charge in [0.1, 0.15) is 11.4 Å². The van der Waals surface area contributed by atoms with Crippen LogP contribution in [0.1, 0.15) is 18.1 Å². The molecule has 1 N–H and O–H groups in total. The standard InChI is InChI=1S/C31H24ClF6N3O4S/c1-3-41(46(43,44)26-14-10-24(32)11-15-26)19(2)29(42)39-18-20-16-27(21-4-8-23(9-5-21)30(33,34)35)40-28(17-20)22-6-12-25(13-7-22)45-31(36,37)38/h4-17H,2-3,18H2,1H3,(H,39,42). The van der Waals surface area contributed by atoms with Gasteiger partial charge >= 0.3 is 12.5 Å². The van der Waals surface area contributed by atoms with E-state index in [0.717, 1.165) is 28.6 Å². The summed E-state index contributed by atoms with van der Waals surface area (Å²) in [5.74, 6) is -1.31. The number of benzene rings is 3. The van der Waals surface area contributed by atoms with E-state index in [4.69, 9.17) is 11.6 Å². The van der Waals surface area contributed by atoms with Gasteiger partial charge in [0.15, 0.2) is 0 Å². The van der Waals surface area contributed by atoms with Gasteiger partial charge in [-0.05, 0) is 85.3 Å². The summed E-state index contributed by atoms with van der Waals surface area (Å²) >= 11 is 5.86. The van der Waals surface area contributed by atoms with E-state index >= 15 is 0 Å². The first-order valence-electron chi connectivity index (χ1n) is 13.3. The molecule has 3 aromatic carbocycles. The van der Waals surface area contributed by atoms with Gasteiger partial charge in [-0.2, -0.15) is 13.2 Å². The predicted molar refractivity (Wildman–Crippen MR) is 159 cm³/mol. The number of hydrogen-bond acceptors (Lipinski definition) is 5. The number of aromatic nitrogens is 1. The summed E-state index contributed by atoms with van der Waals surface area (Å²) in [7, 11) is -4.17. The van der Waals surface area contributed by atoms with E-state index in [1.165, 1.54) is 67.6 Å². The van der Waals surface area contributed by atoms with Crippen LogP contribution < -0.4 is 10.1 Å². The molecule has 15 heteroatoms. The number of rotatable bonds is 10. The fourth-order valence-electron chi connectivity index (χ4n) is 4.28. The summed E-state index contributed by atoms with van der Waals surface area (Å²) < 4.78 is 108. The van der Waals surface area contributed by atoms with Gasteiger partial charge in [-0.3, -0.25) is 9.10 Å². The lowest BCUT2D eigenvalue weighted by molar-refractivity contribution is -0.274. The van der Waals surface area contributed by atoms with Crippen LogP contribution in [-0.4, -0.2) is 36.5 Å². The third-order valence-electron chi connectivity index (χ3n) is 6.48. The van der Waals surface area contributed by atoms with Gasteiger partial charge in [-0.15, -0.1) is 13.2 Å². The quantitative estimate of drug-likeness (QED) is 0.136. The molecule has 0 unspecified atom stereocenters. The van der Waals surface area contributed by atoms with Gasteiger partial charge in [-0.25, -0.2) is 13.4 Å². The zero-order valence-corrected chi connectivity index (χ0v) is 25.4. The monoisotopic (exact) mass is 683 g/mol. The average Bonchev–Trinajstić information content (AvgIpc) is 2.99. The Hall–Kier alpha value is -4.56. The molecule has 1 aromatic heterocycles. The summed E-state index contributed by atoms with van der Waals surface area (Å²) in [5, 5.41) is 2.90. The van der Waals surface area contributed by atoms with Crippen LogP contribution in [0.2, 0.25) is 5.02 Å². The lowest BCUT2D eigenvalue weighted by Crippen LogP contribution is -2.38. The summed E-state index contributed by atoms with van der Waals surface area (Å²) in [4.78, 5) is 17.4. The van der Waals surface area contributed by atoms with Crippen LogP contribution in [0.25, 0.3) is 22.5 Å². The van der Waals surface area contributed by atoms with Crippen LogP contribution in [0.5, 0.6) is 5.75 Å². The third-order valence-corrected chi connectivity index (χ3v) is 8.66. The van der Waals surface area contributed by atoms with Crippen molar-refractivity contribution in [1.29, 1.82) is 0 Å². The Labute approximate surface area is 265 Å². The van der Waals surface area contributed by atoms with Crippen LogP contribution in [0, 0.1) is 0 Å². The van der Waals surface area contributed by atoms with E-state index in [0.29, 0.717) is 16.1 Å². The largest absolute Gasteiger partial charge is 0.573 e. The number of halogens is 7. The van der Waals surface area contributed by atoms with Crippen LogP contribution in [0.4, 0.5) is 26.3 Å². The van der Waals surface area contributed by atoms with Crippen LogP contribution in [-0.2, 0) is 27.5 Å². The van der Waals surface area contributed by atoms with Crippen molar-refractivity contribution in [3.8, 4) is 28.3 Å². The van der Waals surface area contributed by atoms with E-state index < -0.39 is 39.8 Å². The number of nitrogens with one attached hydrogen (secondary N) is 1. The van der Waals surface area contributed by atoms with Crippen molar-refractivity contribution in [2.24, 2.45) is 0 Å². The van der Waals surface area contributed by atoms with Crippen molar-refractivity contribution in [1.82, 2.24) is 14.6 Å². The number of ether oxygens (including phenoxy) is 1. The molecular weight excluding hydrogens is 660 g/mol. The smallest absolute Gasteiger partial charge is 0.406 e. The third kappa shape index (κ3) is 8.37. The van der Waals surface area contributed by atoms with E-state index in [1.54, 1.807) is 0 Å². The number of carbonyl (C=O) groups is 1. The molecule has 0 saturated carbocycles. The van der Waals surface area contributed by atoms with Gasteiger partial charge in [-0.1, -0.05) is 30.3 Å². The summed E-state index contributed by atoms with van der Waals surface area (Å²) in [6, 6.07) is 17.3. The number of carbonyl (C=O) groups excluding carboxylic acids is 1. The first-order chi connectivity index (χ1) is 21.5. The van der Waals surface area contributed by atoms with Gasteiger partial charge in [0.25, 0.3) is 15.9 Å². The number of sulfonamides is 1. The minimum Gasteiger partial charge on any atom is -0.406 e. The fourth-order valence-corrected chi connectivity index (χ4v) is 5.85. The molecule has 0 aliphatic rings. The predicted octanol–water partition coefficient (Wildman–Crippen LogP) is 7.83. The molecule has 4 rings (SSSR count). The van der Waals surface area contributed by atoms with E-state index in [2.05, 4.69) is 21.6 Å². The van der Waals surface area contributed by atoms with Crippen molar-refractivity contribution in [3.05, 3.63) is 113 Å². The molecule has 242 valence electrons. The zero-order chi connectivity index (χ0) is 33.9. The molecule has 0 saturated heterocycles. The molecule has 0 aliphatic heterocycles. The van der Waals surface area contributed by atoms with Crippen molar-refractivity contribution < 1.29 is 44.3 Å². The molecule has 0 bridgehead atoms. The van der Waals surface area contributed by atoms with Crippen molar-refractivity contribution >= 4 is 27.5 Å². The highest BCUT2D eigenvalue weighted by molar-refractivity contribution is 7.89.